The molecule has 8 aromatic rings. The van der Waals surface area contributed by atoms with Crippen LogP contribution in [0.4, 0.5) is 68.2 Å². The SMILES string of the molecule is c1ccc2c(c1)Sc1ccc3c4c1N2c1ccccc1B4c1sc2c4c1N3c1ccccc1N4c1ccc3c4c1B2c1ccccc1N4c1ccccc1S3. The molecular weight excluding hydrogens is 726 g/mol. The summed E-state index contributed by atoms with van der Waals surface area (Å²) >= 11 is 5.89. The number of benzene rings is 7. The topological polar surface area (TPSA) is 13.0 Å². The van der Waals surface area contributed by atoms with Gasteiger partial charge < -0.3 is 19.6 Å². The normalized spacial score (nSPS) is 15.6. The van der Waals surface area contributed by atoms with Crippen LogP contribution in [-0.4, -0.2) is 13.4 Å². The second-order valence-electron chi connectivity index (χ2n) is 15.2. The van der Waals surface area contributed by atoms with E-state index in [1.165, 1.54) is 119 Å². The molecule has 0 bridgehead atoms. The average molecular weight is 751 g/mol. The summed E-state index contributed by atoms with van der Waals surface area (Å²) in [6.45, 7) is 0.235. The zero-order valence-corrected chi connectivity index (χ0v) is 31.5. The van der Waals surface area contributed by atoms with Gasteiger partial charge in [-0.05, 0) is 94.6 Å². The van der Waals surface area contributed by atoms with E-state index >= 15 is 0 Å². The molecule has 0 unspecified atom stereocenters. The summed E-state index contributed by atoms with van der Waals surface area (Å²) in [5.41, 5.74) is 21.2. The van der Waals surface area contributed by atoms with Crippen molar-refractivity contribution in [3.05, 3.63) is 146 Å². The Morgan fingerprint density at radius 2 is 0.691 bits per heavy atom. The molecule has 0 saturated carbocycles. The Labute approximate surface area is 330 Å². The van der Waals surface area contributed by atoms with Crippen LogP contribution in [-0.2, 0) is 0 Å². The minimum Gasteiger partial charge on any atom is -0.309 e. The molecule has 7 aromatic carbocycles. The van der Waals surface area contributed by atoms with E-state index in [0.717, 1.165) is 0 Å². The number of fused-ring (bicyclic) bond motifs is 17. The van der Waals surface area contributed by atoms with E-state index in [9.17, 15) is 0 Å². The fraction of sp³-hybridized carbons (Fsp3) is 0. The van der Waals surface area contributed by atoms with Crippen molar-refractivity contribution in [1.82, 2.24) is 0 Å². The number of anilines is 12. The highest BCUT2D eigenvalue weighted by molar-refractivity contribution is 8.00. The third-order valence-corrected chi connectivity index (χ3v) is 16.2. The van der Waals surface area contributed by atoms with Crippen LogP contribution in [0.25, 0.3) is 0 Å². The molecule has 0 saturated heterocycles. The monoisotopic (exact) mass is 750 g/mol. The number of thiophene rings is 1. The minimum atomic E-state index is 0.118. The maximum absolute atomic E-state index is 2.64. The number of hydrogen-bond donors (Lipinski definition) is 0. The first kappa shape index (κ1) is 28.7. The first-order chi connectivity index (χ1) is 27.3. The molecule has 0 atom stereocenters. The van der Waals surface area contributed by atoms with Gasteiger partial charge in [0, 0.05) is 51.9 Å². The van der Waals surface area contributed by atoms with Gasteiger partial charge in [0.25, 0.3) is 13.4 Å². The third kappa shape index (κ3) is 3.22. The number of rotatable bonds is 0. The summed E-state index contributed by atoms with van der Waals surface area (Å²) in [5, 5.41) is 0. The molecule has 15 rings (SSSR count). The molecule has 8 heterocycles. The van der Waals surface area contributed by atoms with Gasteiger partial charge in [-0.25, -0.2) is 0 Å². The Morgan fingerprint density at radius 3 is 1.16 bits per heavy atom. The van der Waals surface area contributed by atoms with E-state index in [1.807, 2.05) is 23.5 Å². The summed E-state index contributed by atoms with van der Waals surface area (Å²) < 4.78 is 2.89. The highest BCUT2D eigenvalue weighted by atomic mass is 32.2. The van der Waals surface area contributed by atoms with Gasteiger partial charge in [0.2, 0.25) is 0 Å². The Hall–Kier alpha value is -5.73. The highest BCUT2D eigenvalue weighted by Gasteiger charge is 2.55. The van der Waals surface area contributed by atoms with Crippen molar-refractivity contribution in [2.75, 3.05) is 19.6 Å². The summed E-state index contributed by atoms with van der Waals surface area (Å²) in [6, 6.07) is 55.0. The second kappa shape index (κ2) is 9.73. The second-order valence-corrected chi connectivity index (χ2v) is 18.4. The fourth-order valence-corrected chi connectivity index (χ4v) is 14.5. The Morgan fingerprint density at radius 1 is 0.309 bits per heavy atom. The van der Waals surface area contributed by atoms with E-state index in [1.54, 1.807) is 0 Å². The molecule has 0 radical (unpaired) electrons. The molecule has 0 aliphatic carbocycles. The average Bonchev–Trinajstić information content (AvgIpc) is 3.63. The molecule has 1 aromatic heterocycles. The van der Waals surface area contributed by atoms with Crippen molar-refractivity contribution >= 4 is 148 Å². The molecule has 252 valence electrons. The zero-order chi connectivity index (χ0) is 35.3. The van der Waals surface area contributed by atoms with E-state index in [4.69, 9.17) is 0 Å². The van der Waals surface area contributed by atoms with E-state index in [-0.39, 0.29) is 13.4 Å². The van der Waals surface area contributed by atoms with Gasteiger partial charge in [-0.15, -0.1) is 0 Å². The summed E-state index contributed by atoms with van der Waals surface area (Å²) in [6.07, 6.45) is 0. The van der Waals surface area contributed by atoms with Crippen LogP contribution in [0.2, 0.25) is 0 Å². The Bertz CT molecular complexity index is 2930. The van der Waals surface area contributed by atoms with Gasteiger partial charge in [-0.1, -0.05) is 96.3 Å². The van der Waals surface area contributed by atoms with Crippen molar-refractivity contribution in [2.24, 2.45) is 0 Å². The molecule has 9 heteroatoms. The molecule has 0 spiro atoms. The van der Waals surface area contributed by atoms with E-state index < -0.39 is 0 Å². The predicted molar refractivity (Wildman–Crippen MR) is 234 cm³/mol. The molecule has 7 aliphatic heterocycles. The summed E-state index contributed by atoms with van der Waals surface area (Å²) in [4.78, 5) is 15.7. The smallest absolute Gasteiger partial charge is 0.264 e. The highest BCUT2D eigenvalue weighted by Crippen LogP contribution is 2.61. The van der Waals surface area contributed by atoms with Gasteiger partial charge in [-0.3, -0.25) is 0 Å². The van der Waals surface area contributed by atoms with Crippen LogP contribution in [0.5, 0.6) is 0 Å². The number of hydrogen-bond acceptors (Lipinski definition) is 7. The van der Waals surface area contributed by atoms with Crippen LogP contribution in [0, 0.1) is 0 Å². The van der Waals surface area contributed by atoms with Gasteiger partial charge in [0.15, 0.2) is 0 Å². The van der Waals surface area contributed by atoms with Crippen LogP contribution in [0.3, 0.4) is 0 Å². The summed E-state index contributed by atoms with van der Waals surface area (Å²) in [5.74, 6) is 0. The van der Waals surface area contributed by atoms with Crippen molar-refractivity contribution in [1.29, 1.82) is 0 Å². The number of nitrogens with zero attached hydrogens (tertiary/aromatic N) is 4. The largest absolute Gasteiger partial charge is 0.309 e. The lowest BCUT2D eigenvalue weighted by atomic mass is 9.35. The molecule has 4 nitrogen and oxygen atoms in total. The van der Waals surface area contributed by atoms with Crippen LogP contribution in [0.15, 0.2) is 165 Å². The van der Waals surface area contributed by atoms with E-state index in [0.29, 0.717) is 0 Å². The minimum absolute atomic E-state index is 0.118. The standard InChI is InChI=1S/C46H24B2N4S3/c1-3-13-27-25(11-1)47-39-33(21-23-37-41(39)49(27)31-17-7-9-19-35(31)53-37)51-29-15-5-6-16-30(29)52-34-22-24-38-42-40(34)48(46-44(52)43(51)45(47)55-46)26-12-2-4-14-28(26)50(42)32-18-8-10-20-36(32)54-38/h1-24H. The molecule has 0 fully saturated rings. The lowest BCUT2D eigenvalue weighted by Gasteiger charge is -2.50. The van der Waals surface area contributed by atoms with Crippen molar-refractivity contribution in [3.63, 3.8) is 0 Å². The maximum Gasteiger partial charge on any atom is 0.264 e. The van der Waals surface area contributed by atoms with Crippen molar-refractivity contribution in [3.8, 4) is 0 Å². The molecule has 55 heavy (non-hydrogen) atoms. The maximum atomic E-state index is 2.64. The molecule has 0 N–H and O–H groups in total. The third-order valence-electron chi connectivity index (χ3n) is 12.7. The van der Waals surface area contributed by atoms with Gasteiger partial charge in [0.05, 0.1) is 45.5 Å². The fourth-order valence-electron chi connectivity index (χ4n) is 10.8. The van der Waals surface area contributed by atoms with Crippen molar-refractivity contribution in [2.45, 2.75) is 19.6 Å². The van der Waals surface area contributed by atoms with Crippen LogP contribution >= 0.6 is 34.9 Å². The van der Waals surface area contributed by atoms with Crippen LogP contribution in [0.1, 0.15) is 0 Å². The molecular formula is C46H24B2N4S3. The Balaban J connectivity index is 1.07. The Kier molecular flexibility index (Phi) is 5.07. The van der Waals surface area contributed by atoms with Gasteiger partial charge >= 0.3 is 0 Å². The lowest BCUT2D eigenvalue weighted by molar-refractivity contribution is 1.14. The lowest BCUT2D eigenvalue weighted by Crippen LogP contribution is -2.61. The summed E-state index contributed by atoms with van der Waals surface area (Å²) in [7, 11) is 0. The zero-order valence-electron chi connectivity index (χ0n) is 29.0. The molecule has 7 aliphatic rings. The number of para-hydroxylation sites is 6. The van der Waals surface area contributed by atoms with Crippen molar-refractivity contribution < 1.29 is 0 Å². The first-order valence-electron chi connectivity index (χ1n) is 18.8. The van der Waals surface area contributed by atoms with E-state index in [2.05, 4.69) is 177 Å². The first-order valence-corrected chi connectivity index (χ1v) is 21.3. The predicted octanol–water partition coefficient (Wildman–Crippen LogP) is 9.16. The van der Waals surface area contributed by atoms with Crippen LogP contribution < -0.4 is 51.0 Å². The molecule has 0 amide bonds. The quantitative estimate of drug-likeness (QED) is 0.143. The van der Waals surface area contributed by atoms with Gasteiger partial charge in [-0.2, -0.15) is 11.3 Å². The van der Waals surface area contributed by atoms with Gasteiger partial charge in [0.1, 0.15) is 0 Å².